The molecule has 0 bridgehead atoms. The molecule has 0 amide bonds. The number of rotatable bonds is 6. The highest BCUT2D eigenvalue weighted by molar-refractivity contribution is 7.11. The molecule has 0 aliphatic carbocycles. The molecule has 0 aliphatic heterocycles. The van der Waals surface area contributed by atoms with Crippen LogP contribution < -0.4 is 5.32 Å². The molecule has 0 radical (unpaired) electrons. The van der Waals surface area contributed by atoms with E-state index in [1.165, 1.54) is 15.3 Å². The quantitative estimate of drug-likeness (QED) is 0.786. The lowest BCUT2D eigenvalue weighted by molar-refractivity contribution is 0.524. The first-order valence-corrected chi connectivity index (χ1v) is 8.35. The summed E-state index contributed by atoms with van der Waals surface area (Å²) in [5, 5.41) is 8.77. The summed E-state index contributed by atoms with van der Waals surface area (Å²) in [7, 11) is 0. The number of halogens is 1. The maximum atomic E-state index is 6.37. The second-order valence-electron chi connectivity index (χ2n) is 4.33. The zero-order chi connectivity index (χ0) is 13.0. The molecular weight excluding hydrogens is 282 g/mol. The standard InChI is InChI=1S/C14H18ClNS2/c1-3-16-12(7-6-11-5-4-8-17-11)14-13(15)10(2)9-18-14/h4-5,8-9,12,16H,3,6-7H2,1-2H3. The first-order valence-electron chi connectivity index (χ1n) is 6.21. The van der Waals surface area contributed by atoms with E-state index in [1.807, 2.05) is 11.3 Å². The van der Waals surface area contributed by atoms with E-state index in [1.54, 1.807) is 11.3 Å². The summed E-state index contributed by atoms with van der Waals surface area (Å²) in [5.74, 6) is 0. The maximum absolute atomic E-state index is 6.37. The third-order valence-electron chi connectivity index (χ3n) is 2.95. The Morgan fingerprint density at radius 1 is 1.39 bits per heavy atom. The average Bonchev–Trinajstić information content (AvgIpc) is 2.98. The molecule has 0 saturated carbocycles. The van der Waals surface area contributed by atoms with Gasteiger partial charge in [-0.15, -0.1) is 22.7 Å². The van der Waals surface area contributed by atoms with Crippen molar-refractivity contribution in [3.63, 3.8) is 0 Å². The Morgan fingerprint density at radius 2 is 2.22 bits per heavy atom. The number of nitrogens with one attached hydrogen (secondary N) is 1. The van der Waals surface area contributed by atoms with Crippen LogP contribution >= 0.6 is 34.3 Å². The first kappa shape index (κ1) is 14.1. The molecule has 0 aliphatic rings. The second kappa shape index (κ2) is 6.71. The van der Waals surface area contributed by atoms with E-state index in [9.17, 15) is 0 Å². The highest BCUT2D eigenvalue weighted by Gasteiger charge is 2.17. The molecule has 2 aromatic heterocycles. The van der Waals surface area contributed by atoms with E-state index in [2.05, 4.69) is 42.1 Å². The van der Waals surface area contributed by atoms with Gasteiger partial charge >= 0.3 is 0 Å². The Balaban J connectivity index is 2.06. The van der Waals surface area contributed by atoms with Crippen LogP contribution in [0.2, 0.25) is 5.02 Å². The van der Waals surface area contributed by atoms with E-state index >= 15 is 0 Å². The van der Waals surface area contributed by atoms with Crippen LogP contribution in [0.3, 0.4) is 0 Å². The molecule has 1 N–H and O–H groups in total. The lowest BCUT2D eigenvalue weighted by Crippen LogP contribution is -2.20. The summed E-state index contributed by atoms with van der Waals surface area (Å²) in [6, 6.07) is 4.70. The monoisotopic (exact) mass is 299 g/mol. The largest absolute Gasteiger partial charge is 0.309 e. The van der Waals surface area contributed by atoms with Crippen molar-refractivity contribution >= 4 is 34.3 Å². The Labute approximate surface area is 122 Å². The summed E-state index contributed by atoms with van der Waals surface area (Å²) >= 11 is 9.97. The molecule has 18 heavy (non-hydrogen) atoms. The Kier molecular flexibility index (Phi) is 5.25. The van der Waals surface area contributed by atoms with Crippen molar-refractivity contribution in [3.8, 4) is 0 Å². The fourth-order valence-electron chi connectivity index (χ4n) is 2.00. The molecule has 98 valence electrons. The Bertz CT molecular complexity index is 476. The second-order valence-corrected chi connectivity index (χ2v) is 6.65. The van der Waals surface area contributed by atoms with Crippen LogP contribution in [-0.4, -0.2) is 6.54 Å². The van der Waals surface area contributed by atoms with Gasteiger partial charge in [-0.3, -0.25) is 0 Å². The van der Waals surface area contributed by atoms with Gasteiger partial charge in [-0.1, -0.05) is 24.6 Å². The average molecular weight is 300 g/mol. The van der Waals surface area contributed by atoms with Crippen LogP contribution in [0.5, 0.6) is 0 Å². The minimum Gasteiger partial charge on any atom is -0.309 e. The molecule has 2 rings (SSSR count). The van der Waals surface area contributed by atoms with Gasteiger partial charge in [-0.25, -0.2) is 0 Å². The molecule has 1 unspecified atom stereocenters. The van der Waals surface area contributed by atoms with Crippen molar-refractivity contribution in [2.45, 2.75) is 32.7 Å². The number of aryl methyl sites for hydroxylation is 2. The topological polar surface area (TPSA) is 12.0 Å². The van der Waals surface area contributed by atoms with E-state index < -0.39 is 0 Å². The van der Waals surface area contributed by atoms with Gasteiger partial charge in [0.15, 0.2) is 0 Å². The van der Waals surface area contributed by atoms with Gasteiger partial charge < -0.3 is 5.32 Å². The summed E-state index contributed by atoms with van der Waals surface area (Å²) in [6.45, 7) is 5.19. The van der Waals surface area contributed by atoms with Crippen molar-refractivity contribution in [2.24, 2.45) is 0 Å². The van der Waals surface area contributed by atoms with Crippen molar-refractivity contribution in [1.82, 2.24) is 5.32 Å². The smallest absolute Gasteiger partial charge is 0.0590 e. The van der Waals surface area contributed by atoms with Crippen molar-refractivity contribution in [1.29, 1.82) is 0 Å². The molecule has 1 atom stereocenters. The number of hydrogen-bond acceptors (Lipinski definition) is 3. The molecule has 4 heteroatoms. The van der Waals surface area contributed by atoms with Crippen molar-refractivity contribution < 1.29 is 0 Å². The minimum absolute atomic E-state index is 0.378. The molecule has 0 aromatic carbocycles. The van der Waals surface area contributed by atoms with Crippen molar-refractivity contribution in [3.05, 3.63) is 43.2 Å². The van der Waals surface area contributed by atoms with Crippen LogP contribution in [0.4, 0.5) is 0 Å². The van der Waals surface area contributed by atoms with E-state index in [0.717, 1.165) is 24.4 Å². The summed E-state index contributed by atoms with van der Waals surface area (Å²) in [5.41, 5.74) is 1.19. The first-order chi connectivity index (χ1) is 8.72. The third kappa shape index (κ3) is 3.35. The summed E-state index contributed by atoms with van der Waals surface area (Å²) < 4.78 is 0. The van der Waals surface area contributed by atoms with Crippen LogP contribution in [0, 0.1) is 6.92 Å². The van der Waals surface area contributed by atoms with Gasteiger partial charge in [0.1, 0.15) is 0 Å². The molecule has 0 fully saturated rings. The van der Waals surface area contributed by atoms with Gasteiger partial charge in [0.2, 0.25) is 0 Å². The molecular formula is C14H18ClNS2. The van der Waals surface area contributed by atoms with Gasteiger partial charge in [-0.05, 0) is 48.7 Å². The van der Waals surface area contributed by atoms with Gasteiger partial charge in [0.25, 0.3) is 0 Å². The van der Waals surface area contributed by atoms with E-state index in [0.29, 0.717) is 6.04 Å². The molecule has 1 nitrogen and oxygen atoms in total. The predicted molar refractivity (Wildman–Crippen MR) is 83.1 cm³/mol. The minimum atomic E-state index is 0.378. The molecule has 2 heterocycles. The fourth-order valence-corrected chi connectivity index (χ4v) is 4.16. The maximum Gasteiger partial charge on any atom is 0.0590 e. The molecule has 0 spiro atoms. The molecule has 0 saturated heterocycles. The SMILES string of the molecule is CCNC(CCc1cccs1)c1scc(C)c1Cl. The summed E-state index contributed by atoms with van der Waals surface area (Å²) in [4.78, 5) is 2.73. The normalized spacial score (nSPS) is 12.8. The molecule has 2 aromatic rings. The number of thiophene rings is 2. The van der Waals surface area contributed by atoms with E-state index in [-0.39, 0.29) is 0 Å². The van der Waals surface area contributed by atoms with Crippen LogP contribution in [0.1, 0.15) is 34.7 Å². The van der Waals surface area contributed by atoms with E-state index in [4.69, 9.17) is 11.6 Å². The van der Waals surface area contributed by atoms with Gasteiger partial charge in [-0.2, -0.15) is 0 Å². The van der Waals surface area contributed by atoms with Gasteiger partial charge in [0.05, 0.1) is 5.02 Å². The Hall–Kier alpha value is -0.350. The predicted octanol–water partition coefficient (Wildman–Crippen LogP) is 5.05. The van der Waals surface area contributed by atoms with Crippen LogP contribution in [0.15, 0.2) is 22.9 Å². The zero-order valence-electron chi connectivity index (χ0n) is 10.7. The van der Waals surface area contributed by atoms with Crippen LogP contribution in [-0.2, 0) is 6.42 Å². The lowest BCUT2D eigenvalue weighted by Gasteiger charge is -2.16. The van der Waals surface area contributed by atoms with Gasteiger partial charge in [0, 0.05) is 15.8 Å². The highest BCUT2D eigenvalue weighted by Crippen LogP contribution is 2.34. The third-order valence-corrected chi connectivity index (χ3v) is 5.72. The zero-order valence-corrected chi connectivity index (χ0v) is 13.1. The van der Waals surface area contributed by atoms with Crippen molar-refractivity contribution in [2.75, 3.05) is 6.54 Å². The van der Waals surface area contributed by atoms with Crippen LogP contribution in [0.25, 0.3) is 0 Å². The lowest BCUT2D eigenvalue weighted by atomic mass is 10.1. The highest BCUT2D eigenvalue weighted by atomic mass is 35.5. The summed E-state index contributed by atoms with van der Waals surface area (Å²) in [6.07, 6.45) is 2.22. The Morgan fingerprint density at radius 3 is 2.78 bits per heavy atom. The number of hydrogen-bond donors (Lipinski definition) is 1. The fraction of sp³-hybridized carbons (Fsp3) is 0.429.